The van der Waals surface area contributed by atoms with Crippen LogP contribution >= 0.6 is 0 Å². The Hall–Kier alpha value is 0.0700. The van der Waals surface area contributed by atoms with Crippen molar-refractivity contribution in [1.29, 1.82) is 0 Å². The molecule has 4 heteroatoms. The normalized spacial score (nSPS) is 19.9. The molecular weight excluding hydrogens is 212 g/mol. The van der Waals surface area contributed by atoms with Crippen LogP contribution in [0.5, 0.6) is 0 Å². The smallest absolute Gasteiger partial charge is 0.168 e. The Labute approximate surface area is 95.0 Å². The third kappa shape index (κ3) is 4.62. The maximum Gasteiger partial charge on any atom is 0.168 e. The Balaban J connectivity index is 2.31. The third-order valence-corrected chi connectivity index (χ3v) is 4.50. The highest BCUT2D eigenvalue weighted by atomic mass is 32.2. The van der Waals surface area contributed by atoms with E-state index in [9.17, 15) is 4.21 Å². The third-order valence-electron chi connectivity index (χ3n) is 2.68. The van der Waals surface area contributed by atoms with Gasteiger partial charge < -0.3 is 9.47 Å². The van der Waals surface area contributed by atoms with Gasteiger partial charge in [-0.25, -0.2) is 0 Å². The molecule has 0 radical (unpaired) electrons. The first-order chi connectivity index (χ1) is 7.27. The van der Waals surface area contributed by atoms with Gasteiger partial charge in [-0.05, 0) is 26.7 Å². The van der Waals surface area contributed by atoms with Gasteiger partial charge >= 0.3 is 0 Å². The molecule has 3 nitrogen and oxygen atoms in total. The number of rotatable bonds is 7. The van der Waals surface area contributed by atoms with Gasteiger partial charge in [0.1, 0.15) is 0 Å². The summed E-state index contributed by atoms with van der Waals surface area (Å²) >= 11 is 0. The molecule has 0 amide bonds. The molecule has 15 heavy (non-hydrogen) atoms. The molecule has 0 saturated heterocycles. The fourth-order valence-electron chi connectivity index (χ4n) is 1.94. The van der Waals surface area contributed by atoms with Crippen LogP contribution in [0.2, 0.25) is 0 Å². The molecule has 0 aromatic rings. The minimum Gasteiger partial charge on any atom is -0.352 e. The van der Waals surface area contributed by atoms with Gasteiger partial charge in [0.15, 0.2) is 6.29 Å². The molecule has 0 heterocycles. The van der Waals surface area contributed by atoms with E-state index >= 15 is 0 Å². The highest BCUT2D eigenvalue weighted by Crippen LogP contribution is 2.23. The summed E-state index contributed by atoms with van der Waals surface area (Å²) in [5.74, 6) is 0.534. The number of ether oxygens (including phenoxy) is 2. The van der Waals surface area contributed by atoms with E-state index in [2.05, 4.69) is 0 Å². The highest BCUT2D eigenvalue weighted by Gasteiger charge is 2.24. The minimum atomic E-state index is -0.778. The monoisotopic (exact) mass is 234 g/mol. The molecule has 0 spiro atoms. The van der Waals surface area contributed by atoms with Gasteiger partial charge in [-0.1, -0.05) is 12.8 Å². The second kappa shape index (κ2) is 7.36. The Bertz CT molecular complexity index is 184. The number of hydrogen-bond donors (Lipinski definition) is 0. The Kier molecular flexibility index (Phi) is 6.45. The highest BCUT2D eigenvalue weighted by molar-refractivity contribution is 7.85. The molecule has 0 bridgehead atoms. The van der Waals surface area contributed by atoms with Crippen LogP contribution in [-0.2, 0) is 20.3 Å². The van der Waals surface area contributed by atoms with E-state index in [-0.39, 0.29) is 6.29 Å². The van der Waals surface area contributed by atoms with Crippen molar-refractivity contribution in [2.75, 3.05) is 19.0 Å². The van der Waals surface area contributed by atoms with Crippen molar-refractivity contribution in [2.45, 2.75) is 51.1 Å². The summed E-state index contributed by atoms with van der Waals surface area (Å²) in [5.41, 5.74) is 0. The van der Waals surface area contributed by atoms with E-state index in [1.54, 1.807) is 0 Å². The predicted molar refractivity (Wildman–Crippen MR) is 62.3 cm³/mol. The zero-order valence-corrected chi connectivity index (χ0v) is 10.6. The van der Waals surface area contributed by atoms with Crippen LogP contribution in [0.15, 0.2) is 0 Å². The molecule has 0 aliphatic heterocycles. The molecule has 0 aromatic carbocycles. The van der Waals surface area contributed by atoms with Gasteiger partial charge in [0.25, 0.3) is 0 Å². The Morgan fingerprint density at radius 1 is 1.20 bits per heavy atom. The fourth-order valence-corrected chi connectivity index (χ4v) is 3.53. The van der Waals surface area contributed by atoms with Crippen molar-refractivity contribution < 1.29 is 13.7 Å². The first kappa shape index (κ1) is 13.1. The van der Waals surface area contributed by atoms with E-state index in [1.807, 2.05) is 13.8 Å². The standard InChI is InChI=1S/C11H22O3S/c1-3-13-11(14-4-2)9-15(12)10-7-5-6-8-10/h10-11H,3-9H2,1-2H3. The summed E-state index contributed by atoms with van der Waals surface area (Å²) < 4.78 is 22.8. The summed E-state index contributed by atoms with van der Waals surface area (Å²) in [6, 6.07) is 0. The van der Waals surface area contributed by atoms with Crippen LogP contribution in [0.4, 0.5) is 0 Å². The van der Waals surface area contributed by atoms with Crippen LogP contribution in [0, 0.1) is 0 Å². The summed E-state index contributed by atoms with van der Waals surface area (Å²) in [6.45, 7) is 5.11. The van der Waals surface area contributed by atoms with Crippen molar-refractivity contribution in [3.05, 3.63) is 0 Å². The van der Waals surface area contributed by atoms with E-state index in [0.717, 1.165) is 12.8 Å². The zero-order chi connectivity index (χ0) is 11.1. The molecule has 1 aliphatic rings. The maximum atomic E-state index is 12.0. The molecule has 1 fully saturated rings. The first-order valence-corrected chi connectivity index (χ1v) is 7.26. The van der Waals surface area contributed by atoms with Crippen molar-refractivity contribution >= 4 is 10.8 Å². The van der Waals surface area contributed by atoms with E-state index in [1.165, 1.54) is 12.8 Å². The van der Waals surface area contributed by atoms with Crippen molar-refractivity contribution in [1.82, 2.24) is 0 Å². The lowest BCUT2D eigenvalue weighted by molar-refractivity contribution is -0.120. The molecule has 0 N–H and O–H groups in total. The molecule has 1 atom stereocenters. The average Bonchev–Trinajstić information content (AvgIpc) is 2.71. The summed E-state index contributed by atoms with van der Waals surface area (Å²) in [5, 5.41) is 0.383. The summed E-state index contributed by atoms with van der Waals surface area (Å²) in [7, 11) is -0.778. The lowest BCUT2D eigenvalue weighted by Crippen LogP contribution is -2.28. The fraction of sp³-hybridized carbons (Fsp3) is 1.00. The molecule has 1 unspecified atom stereocenters. The molecule has 1 saturated carbocycles. The zero-order valence-electron chi connectivity index (χ0n) is 9.74. The second-order valence-electron chi connectivity index (χ2n) is 3.79. The minimum absolute atomic E-state index is 0.276. The maximum absolute atomic E-state index is 12.0. The average molecular weight is 234 g/mol. The van der Waals surface area contributed by atoms with Gasteiger partial charge in [0.05, 0.1) is 5.75 Å². The topological polar surface area (TPSA) is 35.5 Å². The molecule has 90 valence electrons. The van der Waals surface area contributed by atoms with E-state index in [4.69, 9.17) is 9.47 Å². The van der Waals surface area contributed by atoms with Gasteiger partial charge in [0, 0.05) is 29.3 Å². The van der Waals surface area contributed by atoms with Crippen LogP contribution in [0.25, 0.3) is 0 Å². The molecular formula is C11H22O3S. The van der Waals surface area contributed by atoms with Gasteiger partial charge in [-0.2, -0.15) is 0 Å². The summed E-state index contributed by atoms with van der Waals surface area (Å²) in [6.07, 6.45) is 4.39. The van der Waals surface area contributed by atoms with E-state index in [0.29, 0.717) is 24.2 Å². The number of hydrogen-bond acceptors (Lipinski definition) is 3. The quantitative estimate of drug-likeness (QED) is 0.633. The van der Waals surface area contributed by atoms with Crippen molar-refractivity contribution in [3.8, 4) is 0 Å². The Morgan fingerprint density at radius 2 is 1.73 bits per heavy atom. The van der Waals surface area contributed by atoms with Crippen LogP contribution < -0.4 is 0 Å². The lowest BCUT2D eigenvalue weighted by atomic mass is 10.4. The molecule has 0 aromatic heterocycles. The predicted octanol–water partition coefficient (Wildman–Crippen LogP) is 2.08. The Morgan fingerprint density at radius 3 is 2.20 bits per heavy atom. The van der Waals surface area contributed by atoms with Crippen molar-refractivity contribution in [2.24, 2.45) is 0 Å². The van der Waals surface area contributed by atoms with Gasteiger partial charge in [0.2, 0.25) is 0 Å². The lowest BCUT2D eigenvalue weighted by Gasteiger charge is -2.18. The largest absolute Gasteiger partial charge is 0.352 e. The van der Waals surface area contributed by atoms with Crippen LogP contribution in [0.3, 0.4) is 0 Å². The summed E-state index contributed by atoms with van der Waals surface area (Å²) in [4.78, 5) is 0. The second-order valence-corrected chi connectivity index (χ2v) is 5.56. The van der Waals surface area contributed by atoms with Crippen molar-refractivity contribution in [3.63, 3.8) is 0 Å². The van der Waals surface area contributed by atoms with Gasteiger partial charge in [-0.15, -0.1) is 0 Å². The SMILES string of the molecule is CCOC(CS(=O)C1CCCC1)OCC. The van der Waals surface area contributed by atoms with E-state index < -0.39 is 10.8 Å². The first-order valence-electron chi connectivity index (χ1n) is 5.88. The van der Waals surface area contributed by atoms with Crippen LogP contribution in [0.1, 0.15) is 39.5 Å². The van der Waals surface area contributed by atoms with Crippen LogP contribution in [-0.4, -0.2) is 34.7 Å². The molecule has 1 aliphatic carbocycles. The van der Waals surface area contributed by atoms with Gasteiger partial charge in [-0.3, -0.25) is 4.21 Å². The molecule has 1 rings (SSSR count).